The molecule has 2 aromatic carbocycles. The van der Waals surface area contributed by atoms with E-state index in [0.29, 0.717) is 54.3 Å². The summed E-state index contributed by atoms with van der Waals surface area (Å²) < 4.78 is 13.2. The zero-order valence-electron chi connectivity index (χ0n) is 41.1. The number of para-hydroxylation sites is 1. The van der Waals surface area contributed by atoms with Crippen LogP contribution < -0.4 is 26.6 Å². The highest BCUT2D eigenvalue weighted by atomic mass is 79.9. The topological polar surface area (TPSA) is 202 Å². The normalized spacial score (nSPS) is 17.8. The molecule has 0 spiro atoms. The molecule has 0 aliphatic carbocycles. The van der Waals surface area contributed by atoms with Crippen molar-refractivity contribution >= 4 is 86.0 Å². The first-order valence-electron chi connectivity index (χ1n) is 23.1. The molecule has 3 heterocycles. The van der Waals surface area contributed by atoms with Crippen molar-refractivity contribution in [2.24, 2.45) is 5.41 Å². The molecule has 3 atom stereocenters. The number of nitrogens with zero attached hydrogens (tertiary/aromatic N) is 3. The van der Waals surface area contributed by atoms with Crippen LogP contribution in [-0.4, -0.2) is 99.7 Å². The van der Waals surface area contributed by atoms with Gasteiger partial charge in [0.1, 0.15) is 28.3 Å². The average molecular weight is 1050 g/mol. The van der Waals surface area contributed by atoms with Gasteiger partial charge in [0.15, 0.2) is 0 Å². The zero-order chi connectivity index (χ0) is 50.8. The van der Waals surface area contributed by atoms with E-state index in [1.54, 1.807) is 105 Å². The number of hydrogen-bond donors (Lipinski definition) is 5. The largest absolute Gasteiger partial charge is 0.444 e. The SMILES string of the molecule is CN1C(=O)[C@H](CCCCNC(=O)OC(C)(C)C)NC(=O)[C@H](CCNC(=O)C(C)(C)C)NCc2cccnc2Sc2c(Cl)ccc(Br)c2CNC(=O)[C@@H]1Cc1cn(C(=O)OC(C)(C)C)c2ccccc12. The highest BCUT2D eigenvalue weighted by Crippen LogP contribution is 2.40. The van der Waals surface area contributed by atoms with Crippen molar-refractivity contribution < 1.29 is 38.2 Å². The molecule has 0 unspecified atom stereocenters. The fraction of sp³-hybridized carbons (Fsp3) is 0.500. The number of benzene rings is 2. The molecule has 5 rings (SSSR count). The molecule has 0 bridgehead atoms. The number of carbonyl (C=O) groups is 6. The zero-order valence-corrected chi connectivity index (χ0v) is 44.3. The monoisotopic (exact) mass is 1050 g/mol. The summed E-state index contributed by atoms with van der Waals surface area (Å²) in [5.41, 5.74) is 0.433. The van der Waals surface area contributed by atoms with Crippen molar-refractivity contribution in [3.05, 3.63) is 87.1 Å². The summed E-state index contributed by atoms with van der Waals surface area (Å²) in [6, 6.07) is 11.3. The Morgan fingerprint density at radius 1 is 0.855 bits per heavy atom. The molecule has 374 valence electrons. The smallest absolute Gasteiger partial charge is 0.419 e. The van der Waals surface area contributed by atoms with Gasteiger partial charge < -0.3 is 41.0 Å². The van der Waals surface area contributed by atoms with Gasteiger partial charge in [-0.15, -0.1) is 0 Å². The Morgan fingerprint density at radius 3 is 2.26 bits per heavy atom. The van der Waals surface area contributed by atoms with E-state index in [1.165, 1.54) is 28.3 Å². The summed E-state index contributed by atoms with van der Waals surface area (Å²) >= 11 is 11.9. The van der Waals surface area contributed by atoms with Crippen LogP contribution in [0.4, 0.5) is 9.59 Å². The number of hydrogen-bond acceptors (Lipinski definition) is 11. The summed E-state index contributed by atoms with van der Waals surface area (Å²) in [5.74, 6) is -1.74. The lowest BCUT2D eigenvalue weighted by molar-refractivity contribution is -0.142. The second-order valence-electron chi connectivity index (χ2n) is 20.0. The highest BCUT2D eigenvalue weighted by molar-refractivity contribution is 9.10. The summed E-state index contributed by atoms with van der Waals surface area (Å²) in [6.07, 6.45) is 3.22. The van der Waals surface area contributed by atoms with Crippen molar-refractivity contribution in [1.29, 1.82) is 0 Å². The summed E-state index contributed by atoms with van der Waals surface area (Å²) in [4.78, 5) is 90.2. The van der Waals surface area contributed by atoms with Crippen molar-refractivity contribution in [1.82, 2.24) is 41.0 Å². The van der Waals surface area contributed by atoms with Crippen molar-refractivity contribution in [3.8, 4) is 0 Å². The minimum Gasteiger partial charge on any atom is -0.444 e. The Balaban J connectivity index is 1.59. The number of ether oxygens (including phenoxy) is 2. The lowest BCUT2D eigenvalue weighted by Gasteiger charge is -2.32. The van der Waals surface area contributed by atoms with Crippen LogP contribution in [0.25, 0.3) is 10.9 Å². The third-order valence-corrected chi connectivity index (χ3v) is 13.4. The van der Waals surface area contributed by atoms with E-state index in [4.69, 9.17) is 21.1 Å². The summed E-state index contributed by atoms with van der Waals surface area (Å²) in [7, 11) is 1.52. The molecular formula is C50H66BrClN8O8S. The quantitative estimate of drug-likeness (QED) is 0.0958. The molecule has 5 amide bonds. The summed E-state index contributed by atoms with van der Waals surface area (Å²) in [5, 5.41) is 16.8. The Bertz CT molecular complexity index is 2520. The first-order chi connectivity index (χ1) is 32.3. The number of alkyl carbamates (subject to hydrolysis) is 1. The van der Waals surface area contributed by atoms with Gasteiger partial charge in [-0.25, -0.2) is 14.6 Å². The van der Waals surface area contributed by atoms with Crippen LogP contribution in [0.1, 0.15) is 105 Å². The van der Waals surface area contributed by atoms with Crippen LogP contribution in [-0.2, 0) is 48.2 Å². The number of carbonyl (C=O) groups excluding carboxylic acids is 6. The maximum Gasteiger partial charge on any atom is 0.419 e. The Morgan fingerprint density at radius 2 is 1.57 bits per heavy atom. The van der Waals surface area contributed by atoms with E-state index in [-0.39, 0.29) is 51.3 Å². The fourth-order valence-corrected chi connectivity index (χ4v) is 9.38. The minimum absolute atomic E-state index is 0.00803. The van der Waals surface area contributed by atoms with E-state index >= 15 is 4.79 Å². The third-order valence-electron chi connectivity index (χ3n) is 11.0. The number of aromatic nitrogens is 2. The Kier molecular flexibility index (Phi) is 18.8. The molecule has 5 N–H and O–H groups in total. The van der Waals surface area contributed by atoms with E-state index in [1.807, 2.05) is 18.2 Å². The Hall–Kier alpha value is -5.17. The predicted molar refractivity (Wildman–Crippen MR) is 271 cm³/mol. The molecule has 1 aliphatic heterocycles. The molecule has 19 heteroatoms. The third kappa shape index (κ3) is 15.7. The second-order valence-corrected chi connectivity index (χ2v) is 22.3. The molecule has 16 nitrogen and oxygen atoms in total. The molecule has 4 aromatic rings. The van der Waals surface area contributed by atoms with Crippen LogP contribution in [0, 0.1) is 5.41 Å². The number of rotatable bonds is 10. The van der Waals surface area contributed by atoms with Gasteiger partial charge in [0.25, 0.3) is 0 Å². The number of nitrogens with one attached hydrogen (secondary N) is 5. The lowest BCUT2D eigenvalue weighted by Crippen LogP contribution is -2.57. The maximum atomic E-state index is 15.1. The average Bonchev–Trinajstić information content (AvgIpc) is 3.63. The van der Waals surface area contributed by atoms with Gasteiger partial charge >= 0.3 is 12.2 Å². The van der Waals surface area contributed by atoms with Gasteiger partial charge in [-0.1, -0.05) is 84.3 Å². The number of fused-ring (bicyclic) bond motifs is 3. The molecule has 2 aromatic heterocycles. The first-order valence-corrected chi connectivity index (χ1v) is 25.1. The highest BCUT2D eigenvalue weighted by Gasteiger charge is 2.35. The number of amides is 5. The first kappa shape index (κ1) is 54.8. The van der Waals surface area contributed by atoms with Gasteiger partial charge in [-0.2, -0.15) is 0 Å². The number of pyridine rings is 1. The van der Waals surface area contributed by atoms with Crippen LogP contribution in [0.3, 0.4) is 0 Å². The van der Waals surface area contributed by atoms with Gasteiger partial charge in [0.2, 0.25) is 23.6 Å². The van der Waals surface area contributed by atoms with Crippen LogP contribution in [0.15, 0.2) is 75.3 Å². The van der Waals surface area contributed by atoms with Crippen LogP contribution in [0.2, 0.25) is 5.02 Å². The Labute approximate surface area is 422 Å². The molecule has 69 heavy (non-hydrogen) atoms. The molecule has 0 saturated heterocycles. The van der Waals surface area contributed by atoms with Crippen LogP contribution in [0.5, 0.6) is 0 Å². The predicted octanol–water partition coefficient (Wildman–Crippen LogP) is 8.28. The van der Waals surface area contributed by atoms with Gasteiger partial charge in [-0.05, 0) is 103 Å². The number of likely N-dealkylation sites (N-methyl/N-ethyl adjacent to an activating group) is 1. The number of unbranched alkanes of at least 4 members (excludes halogenated alkanes) is 1. The molecule has 1 aliphatic rings. The number of halogens is 2. The fourth-order valence-electron chi connectivity index (χ4n) is 7.44. The molecule has 0 fully saturated rings. The lowest BCUT2D eigenvalue weighted by atomic mass is 9.95. The van der Waals surface area contributed by atoms with Crippen molar-refractivity contribution in [2.75, 3.05) is 20.1 Å². The maximum absolute atomic E-state index is 15.1. The van der Waals surface area contributed by atoms with E-state index < -0.39 is 64.7 Å². The van der Waals surface area contributed by atoms with E-state index in [9.17, 15) is 24.0 Å². The van der Waals surface area contributed by atoms with Crippen molar-refractivity contribution in [3.63, 3.8) is 0 Å². The second kappa shape index (κ2) is 23.6. The van der Waals surface area contributed by atoms with E-state index in [0.717, 1.165) is 5.56 Å². The van der Waals surface area contributed by atoms with Gasteiger partial charge in [0.05, 0.1) is 16.6 Å². The van der Waals surface area contributed by atoms with Crippen LogP contribution >= 0.6 is 39.3 Å². The molecular weight excluding hydrogens is 988 g/mol. The molecule has 0 saturated carbocycles. The van der Waals surface area contributed by atoms with Crippen molar-refractivity contribution in [2.45, 2.75) is 147 Å². The summed E-state index contributed by atoms with van der Waals surface area (Å²) in [6.45, 7) is 16.6. The molecule has 0 radical (unpaired) electrons. The van der Waals surface area contributed by atoms with E-state index in [2.05, 4.69) is 47.5 Å². The van der Waals surface area contributed by atoms with Gasteiger partial charge in [-0.3, -0.25) is 23.7 Å². The standard InChI is InChI=1S/C50H66BrClN8O8S/c1-48(2,3)45(64)54-25-22-36-41(61)58-37(18-13-14-23-55-46(65)67-49(4,5)6)44(63)59(10)39(26-31-29-60(47(66)68-50(7,8)9)38-19-12-11-17-32(31)38)42(62)57-28-33-34(51)20-21-35(52)40(33)69-43-30(27-56-36)16-15-24-53-43/h11-12,15-17,19-21,24,29,36-37,39,56H,13-14,18,22-23,25-28H2,1-10H3,(H,54,64)(H,55,65)(H,57,62)(H,58,61)/t36-,37-,39-/m0/s1. The minimum atomic E-state index is -1.17. The van der Waals surface area contributed by atoms with Gasteiger partial charge in [0, 0.05) is 77.8 Å².